The molecule has 1 atom stereocenters. The number of rotatable bonds is 9. The molecule has 0 saturated carbocycles. The molecule has 0 bridgehead atoms. The third-order valence-electron chi connectivity index (χ3n) is 4.53. The molecule has 1 aromatic carbocycles. The number of esters is 3. The summed E-state index contributed by atoms with van der Waals surface area (Å²) >= 11 is 0. The monoisotopic (exact) mass is 481 g/mol. The van der Waals surface area contributed by atoms with Crippen molar-refractivity contribution in [2.75, 3.05) is 14.2 Å². The lowest BCUT2D eigenvalue weighted by atomic mass is 9.88. The zero-order valence-electron chi connectivity index (χ0n) is 21.1. The van der Waals surface area contributed by atoms with Gasteiger partial charge in [-0.3, -0.25) is 9.59 Å². The Morgan fingerprint density at radius 1 is 0.971 bits per heavy atom. The molecule has 0 saturated heterocycles. The van der Waals surface area contributed by atoms with Crippen LogP contribution in [-0.4, -0.2) is 54.4 Å². The number of hydrogen-bond acceptors (Lipinski definition) is 9. The third-order valence-corrected chi connectivity index (χ3v) is 4.53. The van der Waals surface area contributed by atoms with Gasteiger partial charge in [0.15, 0.2) is 0 Å². The number of benzene rings is 1. The molecule has 1 unspecified atom stereocenters. The zero-order valence-corrected chi connectivity index (χ0v) is 21.1. The molecular formula is C24H35NO9. The van der Waals surface area contributed by atoms with E-state index in [0.29, 0.717) is 5.56 Å². The van der Waals surface area contributed by atoms with Gasteiger partial charge in [0, 0.05) is 6.54 Å². The molecule has 0 aromatic heterocycles. The second kappa shape index (κ2) is 11.3. The second-order valence-corrected chi connectivity index (χ2v) is 9.70. The normalized spacial score (nSPS) is 12.5. The van der Waals surface area contributed by atoms with Crippen LogP contribution in [0, 0.1) is 5.92 Å². The van der Waals surface area contributed by atoms with E-state index in [4.69, 9.17) is 24.7 Å². The number of aliphatic carboxylic acids is 1. The molecule has 0 radical (unpaired) electrons. The molecule has 0 spiro atoms. The van der Waals surface area contributed by atoms with Crippen molar-refractivity contribution in [3.63, 3.8) is 0 Å². The summed E-state index contributed by atoms with van der Waals surface area (Å²) in [5.74, 6) is -4.69. The van der Waals surface area contributed by atoms with E-state index < -0.39 is 47.4 Å². The van der Waals surface area contributed by atoms with Crippen molar-refractivity contribution in [3.8, 4) is 5.75 Å². The van der Waals surface area contributed by atoms with Crippen molar-refractivity contribution in [3.05, 3.63) is 28.3 Å². The minimum atomic E-state index is -1.21. The summed E-state index contributed by atoms with van der Waals surface area (Å²) in [4.78, 5) is 49.8. The molecule has 190 valence electrons. The van der Waals surface area contributed by atoms with Gasteiger partial charge in [-0.05, 0) is 65.2 Å². The highest BCUT2D eigenvalue weighted by Crippen LogP contribution is 2.35. The van der Waals surface area contributed by atoms with E-state index in [2.05, 4.69) is 0 Å². The summed E-state index contributed by atoms with van der Waals surface area (Å²) in [6.07, 6.45) is -0.673. The minimum absolute atomic E-state index is 0.0792. The third kappa shape index (κ3) is 8.02. The molecule has 0 fully saturated rings. The molecule has 3 N–H and O–H groups in total. The Hall–Kier alpha value is -3.14. The Morgan fingerprint density at radius 3 is 1.91 bits per heavy atom. The Morgan fingerprint density at radius 2 is 1.50 bits per heavy atom. The van der Waals surface area contributed by atoms with Crippen LogP contribution in [0.2, 0.25) is 0 Å². The maximum atomic E-state index is 13.2. The van der Waals surface area contributed by atoms with Gasteiger partial charge >= 0.3 is 23.9 Å². The van der Waals surface area contributed by atoms with Crippen LogP contribution in [0.3, 0.4) is 0 Å². The van der Waals surface area contributed by atoms with Crippen LogP contribution < -0.4 is 10.5 Å². The molecule has 0 aliphatic heterocycles. The Balaban J connectivity index is 3.87. The highest BCUT2D eigenvalue weighted by Gasteiger charge is 2.33. The molecule has 0 heterocycles. The van der Waals surface area contributed by atoms with Gasteiger partial charge in [-0.25, -0.2) is 9.59 Å². The number of ether oxygens (including phenoxy) is 4. The highest BCUT2D eigenvalue weighted by molar-refractivity contribution is 6.02. The van der Waals surface area contributed by atoms with E-state index in [1.807, 2.05) is 0 Å². The first-order valence-electron chi connectivity index (χ1n) is 10.7. The van der Waals surface area contributed by atoms with Gasteiger partial charge in [0.1, 0.15) is 28.1 Å². The average Bonchev–Trinajstić information content (AvgIpc) is 2.68. The summed E-state index contributed by atoms with van der Waals surface area (Å²) in [5.41, 5.74) is 4.67. The molecule has 0 aliphatic carbocycles. The molecule has 1 aromatic rings. The molecule has 1 rings (SSSR count). The van der Waals surface area contributed by atoms with Crippen LogP contribution in [0.25, 0.3) is 0 Å². The van der Waals surface area contributed by atoms with Crippen molar-refractivity contribution >= 4 is 23.9 Å². The summed E-state index contributed by atoms with van der Waals surface area (Å²) < 4.78 is 21.2. The van der Waals surface area contributed by atoms with Crippen LogP contribution in [0.5, 0.6) is 5.75 Å². The molecular weight excluding hydrogens is 446 g/mol. The number of carbonyl (C=O) groups excluding carboxylic acids is 3. The SMILES string of the molecule is COC(=O)C(CC(=O)O)Cc1cc(C(=O)OC(C)(C)C)c(OC)c(C(=O)OC(C)(C)C)c1CN. The Kier molecular flexibility index (Phi) is 9.62. The van der Waals surface area contributed by atoms with Crippen molar-refractivity contribution in [1.29, 1.82) is 0 Å². The minimum Gasteiger partial charge on any atom is -0.495 e. The van der Waals surface area contributed by atoms with E-state index in [1.165, 1.54) is 13.2 Å². The predicted octanol–water partition coefficient (Wildman–Crippen LogP) is 2.87. The van der Waals surface area contributed by atoms with Gasteiger partial charge in [-0.2, -0.15) is 0 Å². The number of hydrogen-bond donors (Lipinski definition) is 2. The highest BCUT2D eigenvalue weighted by atomic mass is 16.6. The molecule has 34 heavy (non-hydrogen) atoms. The van der Waals surface area contributed by atoms with E-state index in [-0.39, 0.29) is 35.4 Å². The number of carboxylic acids is 1. The molecule has 0 amide bonds. The number of nitrogens with two attached hydrogens (primary N) is 1. The van der Waals surface area contributed by atoms with Crippen molar-refractivity contribution in [1.82, 2.24) is 0 Å². The lowest BCUT2D eigenvalue weighted by Crippen LogP contribution is -2.29. The van der Waals surface area contributed by atoms with Crippen LogP contribution in [0.1, 0.15) is 79.8 Å². The first-order valence-corrected chi connectivity index (χ1v) is 10.7. The van der Waals surface area contributed by atoms with E-state index in [0.717, 1.165) is 7.11 Å². The van der Waals surface area contributed by atoms with Gasteiger partial charge in [0.2, 0.25) is 0 Å². The second-order valence-electron chi connectivity index (χ2n) is 9.70. The molecule has 10 nitrogen and oxygen atoms in total. The van der Waals surface area contributed by atoms with Crippen LogP contribution in [-0.2, 0) is 36.8 Å². The smallest absolute Gasteiger partial charge is 0.342 e. The van der Waals surface area contributed by atoms with E-state index in [1.54, 1.807) is 41.5 Å². The first kappa shape index (κ1) is 28.9. The summed E-state index contributed by atoms with van der Waals surface area (Å²) in [5, 5.41) is 9.26. The Labute approximate surface area is 199 Å². The fraction of sp³-hybridized carbons (Fsp3) is 0.583. The number of carbonyl (C=O) groups is 4. The van der Waals surface area contributed by atoms with Gasteiger partial charge in [0.05, 0.1) is 26.6 Å². The van der Waals surface area contributed by atoms with Crippen LogP contribution in [0.4, 0.5) is 0 Å². The summed E-state index contributed by atoms with van der Waals surface area (Å²) in [7, 11) is 2.44. The first-order chi connectivity index (χ1) is 15.5. The Bertz CT molecular complexity index is 939. The quantitative estimate of drug-likeness (QED) is 0.398. The lowest BCUT2D eigenvalue weighted by molar-refractivity contribution is -0.150. The van der Waals surface area contributed by atoms with Crippen LogP contribution >= 0.6 is 0 Å². The fourth-order valence-corrected chi connectivity index (χ4v) is 3.30. The van der Waals surface area contributed by atoms with Crippen molar-refractivity contribution in [2.45, 2.75) is 72.1 Å². The average molecular weight is 482 g/mol. The van der Waals surface area contributed by atoms with Gasteiger partial charge < -0.3 is 29.8 Å². The largest absolute Gasteiger partial charge is 0.495 e. The standard InChI is InChI=1S/C24H35NO9/c1-23(2,3)33-21(29)15-10-13(9-14(11-17(26)27)20(28)32-8)16(12-25)18(19(15)31-7)22(30)34-24(4,5)6/h10,14H,9,11-12,25H2,1-8H3,(H,26,27). The topological polar surface area (TPSA) is 151 Å². The van der Waals surface area contributed by atoms with Crippen LogP contribution in [0.15, 0.2) is 6.07 Å². The molecule has 0 aliphatic rings. The number of methoxy groups -OCH3 is 2. The maximum absolute atomic E-state index is 13.2. The van der Waals surface area contributed by atoms with Gasteiger partial charge in [0.25, 0.3) is 0 Å². The van der Waals surface area contributed by atoms with Crippen molar-refractivity contribution in [2.24, 2.45) is 11.7 Å². The van der Waals surface area contributed by atoms with E-state index >= 15 is 0 Å². The summed E-state index contributed by atoms with van der Waals surface area (Å²) in [6, 6.07) is 1.40. The lowest BCUT2D eigenvalue weighted by Gasteiger charge is -2.26. The van der Waals surface area contributed by atoms with Gasteiger partial charge in [-0.1, -0.05) is 0 Å². The maximum Gasteiger partial charge on any atom is 0.342 e. The molecule has 10 heteroatoms. The van der Waals surface area contributed by atoms with Crippen molar-refractivity contribution < 1.29 is 43.2 Å². The fourth-order valence-electron chi connectivity index (χ4n) is 3.30. The number of carboxylic acid groups (broad SMARTS) is 1. The summed E-state index contributed by atoms with van der Waals surface area (Å²) in [6.45, 7) is 9.91. The van der Waals surface area contributed by atoms with Gasteiger partial charge in [-0.15, -0.1) is 0 Å². The zero-order chi connectivity index (χ0) is 26.4. The van der Waals surface area contributed by atoms with E-state index in [9.17, 15) is 24.3 Å². The predicted molar refractivity (Wildman–Crippen MR) is 123 cm³/mol.